The Hall–Kier alpha value is -3.10. The summed E-state index contributed by atoms with van der Waals surface area (Å²) in [6, 6.07) is 13.8. The molecular weight excluding hydrogens is 399 g/mol. The van der Waals surface area contributed by atoms with Crippen molar-refractivity contribution in [2.45, 2.75) is 25.8 Å². The molecule has 1 amide bonds. The quantitative estimate of drug-likeness (QED) is 0.594. The van der Waals surface area contributed by atoms with Crippen LogP contribution in [0.15, 0.2) is 53.1 Å². The Balaban J connectivity index is 1.23. The van der Waals surface area contributed by atoms with Gasteiger partial charge in [-0.15, -0.1) is 0 Å². The molecule has 3 aromatic rings. The molecule has 1 aromatic heterocycles. The van der Waals surface area contributed by atoms with E-state index in [1.807, 2.05) is 18.2 Å². The molecule has 0 spiro atoms. The number of morpholine rings is 1. The SMILES string of the molecule is O=C(CCCc1nc(-c2ccc(F)cc2)no1)Nc1cccc(CN2CCOCC2)c1. The zero-order valence-electron chi connectivity index (χ0n) is 17.2. The van der Waals surface area contributed by atoms with Gasteiger partial charge in [0.25, 0.3) is 0 Å². The van der Waals surface area contributed by atoms with Crippen LogP contribution in [0, 0.1) is 5.82 Å². The van der Waals surface area contributed by atoms with Crippen LogP contribution in [0.2, 0.25) is 0 Å². The maximum Gasteiger partial charge on any atom is 0.226 e. The average Bonchev–Trinajstić information content (AvgIpc) is 3.24. The molecule has 4 rings (SSSR count). The number of ether oxygens (including phenoxy) is 1. The van der Waals surface area contributed by atoms with E-state index < -0.39 is 0 Å². The fourth-order valence-corrected chi connectivity index (χ4v) is 3.46. The zero-order valence-corrected chi connectivity index (χ0v) is 17.2. The van der Waals surface area contributed by atoms with Gasteiger partial charge in [-0.25, -0.2) is 4.39 Å². The maximum absolute atomic E-state index is 13.0. The Kier molecular flexibility index (Phi) is 7.01. The number of benzene rings is 2. The Morgan fingerprint density at radius 3 is 2.74 bits per heavy atom. The summed E-state index contributed by atoms with van der Waals surface area (Å²) in [6.45, 7) is 4.23. The highest BCUT2D eigenvalue weighted by Gasteiger charge is 2.12. The number of anilines is 1. The number of rotatable bonds is 8. The summed E-state index contributed by atoms with van der Waals surface area (Å²) in [6.07, 6.45) is 1.44. The second kappa shape index (κ2) is 10.3. The highest BCUT2D eigenvalue weighted by Crippen LogP contribution is 2.17. The molecule has 0 radical (unpaired) electrons. The molecule has 7 nitrogen and oxygen atoms in total. The molecule has 8 heteroatoms. The number of hydrogen-bond donors (Lipinski definition) is 1. The molecule has 1 N–H and O–H groups in total. The van der Waals surface area contributed by atoms with Gasteiger partial charge < -0.3 is 14.6 Å². The van der Waals surface area contributed by atoms with Crippen molar-refractivity contribution in [1.82, 2.24) is 15.0 Å². The molecule has 0 unspecified atom stereocenters. The first-order chi connectivity index (χ1) is 15.2. The number of nitrogens with one attached hydrogen (secondary N) is 1. The fraction of sp³-hybridized carbons (Fsp3) is 0.348. The second-order valence-electron chi connectivity index (χ2n) is 7.51. The molecule has 1 aliphatic heterocycles. The molecule has 2 heterocycles. The number of carbonyl (C=O) groups is 1. The Morgan fingerprint density at radius 1 is 1.13 bits per heavy atom. The largest absolute Gasteiger partial charge is 0.379 e. The number of aryl methyl sites for hydroxylation is 1. The minimum Gasteiger partial charge on any atom is -0.379 e. The lowest BCUT2D eigenvalue weighted by atomic mass is 10.1. The molecule has 31 heavy (non-hydrogen) atoms. The highest BCUT2D eigenvalue weighted by atomic mass is 19.1. The summed E-state index contributed by atoms with van der Waals surface area (Å²) in [4.78, 5) is 19.0. The summed E-state index contributed by atoms with van der Waals surface area (Å²) in [5.74, 6) is 0.503. The lowest BCUT2D eigenvalue weighted by Crippen LogP contribution is -2.35. The van der Waals surface area contributed by atoms with Crippen LogP contribution in [-0.4, -0.2) is 47.3 Å². The van der Waals surface area contributed by atoms with Crippen molar-refractivity contribution >= 4 is 11.6 Å². The van der Waals surface area contributed by atoms with Crippen LogP contribution in [0.3, 0.4) is 0 Å². The first-order valence-electron chi connectivity index (χ1n) is 10.4. The van der Waals surface area contributed by atoms with Crippen LogP contribution in [0.1, 0.15) is 24.3 Å². The second-order valence-corrected chi connectivity index (χ2v) is 7.51. The molecule has 0 atom stereocenters. The van der Waals surface area contributed by atoms with E-state index in [1.165, 1.54) is 17.7 Å². The average molecular weight is 424 g/mol. The van der Waals surface area contributed by atoms with E-state index in [0.29, 0.717) is 36.5 Å². The van der Waals surface area contributed by atoms with Crippen LogP contribution < -0.4 is 5.32 Å². The van der Waals surface area contributed by atoms with Crippen molar-refractivity contribution in [1.29, 1.82) is 0 Å². The predicted molar refractivity (Wildman–Crippen MR) is 114 cm³/mol. The van der Waals surface area contributed by atoms with Crippen LogP contribution >= 0.6 is 0 Å². The van der Waals surface area contributed by atoms with Gasteiger partial charge in [-0.2, -0.15) is 4.98 Å². The number of halogens is 1. The summed E-state index contributed by atoms with van der Waals surface area (Å²) in [5, 5.41) is 6.88. The van der Waals surface area contributed by atoms with Gasteiger partial charge in [0.15, 0.2) is 0 Å². The van der Waals surface area contributed by atoms with Gasteiger partial charge in [0.05, 0.1) is 13.2 Å². The van der Waals surface area contributed by atoms with Gasteiger partial charge in [0.2, 0.25) is 17.6 Å². The van der Waals surface area contributed by atoms with Gasteiger partial charge in [-0.1, -0.05) is 17.3 Å². The Morgan fingerprint density at radius 2 is 1.94 bits per heavy atom. The minimum absolute atomic E-state index is 0.0539. The van der Waals surface area contributed by atoms with Crippen molar-refractivity contribution in [2.24, 2.45) is 0 Å². The normalized spacial score (nSPS) is 14.5. The summed E-state index contributed by atoms with van der Waals surface area (Å²) < 4.78 is 23.6. The summed E-state index contributed by atoms with van der Waals surface area (Å²) in [7, 11) is 0. The van der Waals surface area contributed by atoms with Crippen molar-refractivity contribution in [3.63, 3.8) is 0 Å². The van der Waals surface area contributed by atoms with Crippen LogP contribution in [0.5, 0.6) is 0 Å². The van der Waals surface area contributed by atoms with E-state index in [2.05, 4.69) is 26.4 Å². The molecule has 2 aromatic carbocycles. The third-order valence-corrected chi connectivity index (χ3v) is 5.09. The molecule has 162 valence electrons. The van der Waals surface area contributed by atoms with Gasteiger partial charge >= 0.3 is 0 Å². The first kappa shape index (κ1) is 21.1. The third kappa shape index (κ3) is 6.19. The number of hydrogen-bond acceptors (Lipinski definition) is 6. The van der Waals surface area contributed by atoms with Gasteiger partial charge in [0, 0.05) is 43.7 Å². The van der Waals surface area contributed by atoms with Crippen LogP contribution in [0.25, 0.3) is 11.4 Å². The van der Waals surface area contributed by atoms with E-state index in [0.717, 1.165) is 38.5 Å². The smallest absolute Gasteiger partial charge is 0.226 e. The molecule has 0 aliphatic carbocycles. The predicted octanol–water partition coefficient (Wildman–Crippen LogP) is 3.67. The van der Waals surface area contributed by atoms with E-state index in [1.54, 1.807) is 12.1 Å². The topological polar surface area (TPSA) is 80.5 Å². The minimum atomic E-state index is -0.315. The lowest BCUT2D eigenvalue weighted by Gasteiger charge is -2.26. The molecule has 0 bridgehead atoms. The number of amides is 1. The molecule has 0 saturated carbocycles. The number of aromatic nitrogens is 2. The van der Waals surface area contributed by atoms with Crippen LogP contribution in [0.4, 0.5) is 10.1 Å². The van der Waals surface area contributed by atoms with Crippen LogP contribution in [-0.2, 0) is 22.5 Å². The monoisotopic (exact) mass is 424 g/mol. The standard InChI is InChI=1S/C23H25FN4O3/c24-19-9-7-18(8-10-19)23-26-22(31-27-23)6-2-5-21(29)25-20-4-1-3-17(15-20)16-28-11-13-30-14-12-28/h1,3-4,7-10,15H,2,5-6,11-14,16H2,(H,25,29). The van der Waals surface area contributed by atoms with Gasteiger partial charge in [-0.3, -0.25) is 9.69 Å². The van der Waals surface area contributed by atoms with Gasteiger partial charge in [-0.05, 0) is 48.4 Å². The highest BCUT2D eigenvalue weighted by molar-refractivity contribution is 5.90. The molecular formula is C23H25FN4O3. The first-order valence-corrected chi connectivity index (χ1v) is 10.4. The van der Waals surface area contributed by atoms with Crippen molar-refractivity contribution < 1.29 is 18.4 Å². The number of carbonyl (C=O) groups excluding carboxylic acids is 1. The lowest BCUT2D eigenvalue weighted by molar-refractivity contribution is -0.116. The van der Waals surface area contributed by atoms with Crippen molar-refractivity contribution in [3.05, 3.63) is 65.8 Å². The molecule has 1 aliphatic rings. The van der Waals surface area contributed by atoms with Crippen molar-refractivity contribution in [2.75, 3.05) is 31.6 Å². The van der Waals surface area contributed by atoms with Crippen molar-refractivity contribution in [3.8, 4) is 11.4 Å². The van der Waals surface area contributed by atoms with E-state index in [9.17, 15) is 9.18 Å². The van der Waals surface area contributed by atoms with Gasteiger partial charge in [0.1, 0.15) is 5.82 Å². The Bertz CT molecular complexity index is 1000. The third-order valence-electron chi connectivity index (χ3n) is 5.09. The van der Waals surface area contributed by atoms with E-state index in [-0.39, 0.29) is 11.7 Å². The molecule has 1 fully saturated rings. The van der Waals surface area contributed by atoms with E-state index in [4.69, 9.17) is 9.26 Å². The zero-order chi connectivity index (χ0) is 21.5. The summed E-state index contributed by atoms with van der Waals surface area (Å²) in [5.41, 5.74) is 2.65. The number of nitrogens with zero attached hydrogens (tertiary/aromatic N) is 3. The van der Waals surface area contributed by atoms with E-state index >= 15 is 0 Å². The molecule has 1 saturated heterocycles. The summed E-state index contributed by atoms with van der Waals surface area (Å²) >= 11 is 0. The Labute approximate surface area is 180 Å². The fourth-order valence-electron chi connectivity index (χ4n) is 3.46. The maximum atomic E-state index is 13.0.